The van der Waals surface area contributed by atoms with Crippen LogP contribution in [-0.2, 0) is 6.61 Å². The molecule has 1 fully saturated rings. The quantitative estimate of drug-likeness (QED) is 0.729. The Labute approximate surface area is 150 Å². The zero-order chi connectivity index (χ0) is 18.1. The number of nitrogens with one attached hydrogen (secondary N) is 1. The largest absolute Gasteiger partial charge is 0.484 e. The minimum Gasteiger partial charge on any atom is -0.484 e. The van der Waals surface area contributed by atoms with Crippen molar-refractivity contribution < 1.29 is 9.13 Å². The molecule has 7 heteroatoms. The molecular weight excluding hydrogens is 333 g/mol. The number of H-pyrrole nitrogens is 1. The number of anilines is 1. The van der Waals surface area contributed by atoms with E-state index in [1.807, 2.05) is 19.1 Å². The van der Waals surface area contributed by atoms with Crippen molar-refractivity contribution in [2.24, 2.45) is 0 Å². The van der Waals surface area contributed by atoms with E-state index in [-0.39, 0.29) is 12.4 Å². The second-order valence-electron chi connectivity index (χ2n) is 6.63. The molecule has 0 atom stereocenters. The number of aromatic nitrogens is 4. The van der Waals surface area contributed by atoms with Crippen LogP contribution in [0.5, 0.6) is 5.75 Å². The first-order chi connectivity index (χ1) is 12.6. The summed E-state index contributed by atoms with van der Waals surface area (Å²) in [5.74, 6) is 0.504. The smallest absolute Gasteiger partial charge is 0.174 e. The first-order valence-electron chi connectivity index (χ1n) is 8.66. The molecule has 134 valence electrons. The molecule has 0 bridgehead atoms. The van der Waals surface area contributed by atoms with Crippen molar-refractivity contribution in [3.8, 4) is 17.0 Å². The summed E-state index contributed by atoms with van der Waals surface area (Å²) in [4.78, 5) is 8.18. The Bertz CT molecular complexity index is 918. The molecular formula is C19H20FN5O. The number of benzene rings is 1. The van der Waals surface area contributed by atoms with E-state index in [1.54, 1.807) is 6.07 Å². The number of ether oxygens (including phenoxy) is 1. The number of hydrogen-bond donors (Lipinski definition) is 2. The minimum atomic E-state index is -0.416. The molecule has 3 aromatic rings. The van der Waals surface area contributed by atoms with E-state index in [4.69, 9.17) is 10.5 Å². The molecule has 2 heterocycles. The van der Waals surface area contributed by atoms with Gasteiger partial charge in [0.25, 0.3) is 0 Å². The van der Waals surface area contributed by atoms with Crippen molar-refractivity contribution in [2.45, 2.75) is 38.7 Å². The van der Waals surface area contributed by atoms with Gasteiger partial charge in [-0.2, -0.15) is 5.10 Å². The summed E-state index contributed by atoms with van der Waals surface area (Å²) in [6, 6.07) is 5.57. The number of rotatable bonds is 5. The highest BCUT2D eigenvalue weighted by Crippen LogP contribution is 2.43. The van der Waals surface area contributed by atoms with E-state index in [9.17, 15) is 0 Å². The maximum atomic E-state index is 15.3. The van der Waals surface area contributed by atoms with Gasteiger partial charge in [-0.05, 0) is 37.8 Å². The lowest BCUT2D eigenvalue weighted by Gasteiger charge is -2.28. The van der Waals surface area contributed by atoms with E-state index < -0.39 is 5.82 Å². The third-order valence-corrected chi connectivity index (χ3v) is 4.74. The van der Waals surface area contributed by atoms with Crippen LogP contribution in [0.15, 0.2) is 30.6 Å². The number of nitrogens with two attached hydrogens (primary N) is 1. The standard InChI is InChI=1S/C19H20FN5O/c1-11-7-13(25-24-11)10-26-19-14(12-3-2-4-12)5-6-15(18(19)20)16-8-23-17(21)9-22-16/h5-9,12H,2-4,10H2,1H3,(H2,21,23)(H,24,25). The molecule has 2 aromatic heterocycles. The molecule has 0 unspecified atom stereocenters. The number of halogens is 1. The predicted molar refractivity (Wildman–Crippen MR) is 96.1 cm³/mol. The van der Waals surface area contributed by atoms with Crippen LogP contribution in [0.25, 0.3) is 11.3 Å². The van der Waals surface area contributed by atoms with Crippen LogP contribution >= 0.6 is 0 Å². The average molecular weight is 353 g/mol. The monoisotopic (exact) mass is 353 g/mol. The van der Waals surface area contributed by atoms with Crippen molar-refractivity contribution in [1.29, 1.82) is 0 Å². The number of aromatic amines is 1. The van der Waals surface area contributed by atoms with E-state index in [0.29, 0.717) is 23.0 Å². The summed E-state index contributed by atoms with van der Waals surface area (Å²) >= 11 is 0. The zero-order valence-electron chi connectivity index (χ0n) is 14.5. The lowest BCUT2D eigenvalue weighted by atomic mass is 9.79. The molecule has 3 N–H and O–H groups in total. The molecule has 1 aliphatic rings. The molecule has 6 nitrogen and oxygen atoms in total. The van der Waals surface area contributed by atoms with Crippen LogP contribution in [0.4, 0.5) is 10.2 Å². The lowest BCUT2D eigenvalue weighted by Crippen LogP contribution is -2.12. The van der Waals surface area contributed by atoms with Crippen LogP contribution in [0.2, 0.25) is 0 Å². The van der Waals surface area contributed by atoms with Crippen LogP contribution in [0, 0.1) is 12.7 Å². The molecule has 0 saturated heterocycles. The highest BCUT2D eigenvalue weighted by Gasteiger charge is 2.27. The first kappa shape index (κ1) is 16.5. The third kappa shape index (κ3) is 3.12. The lowest BCUT2D eigenvalue weighted by molar-refractivity contribution is 0.274. The summed E-state index contributed by atoms with van der Waals surface area (Å²) in [5.41, 5.74) is 8.94. The van der Waals surface area contributed by atoms with E-state index >= 15 is 4.39 Å². The minimum absolute atomic E-state index is 0.206. The number of nitrogens with zero attached hydrogens (tertiary/aromatic N) is 3. The molecule has 1 saturated carbocycles. The summed E-state index contributed by atoms with van der Waals surface area (Å²) in [7, 11) is 0. The van der Waals surface area contributed by atoms with Gasteiger partial charge in [0.15, 0.2) is 11.6 Å². The summed E-state index contributed by atoms with van der Waals surface area (Å²) in [6.07, 6.45) is 6.16. The van der Waals surface area contributed by atoms with Crippen molar-refractivity contribution >= 4 is 5.82 Å². The Kier molecular flexibility index (Phi) is 4.28. The second-order valence-corrected chi connectivity index (χ2v) is 6.63. The van der Waals surface area contributed by atoms with E-state index in [0.717, 1.165) is 36.2 Å². The maximum absolute atomic E-state index is 15.3. The van der Waals surface area contributed by atoms with E-state index in [2.05, 4.69) is 20.2 Å². The molecule has 26 heavy (non-hydrogen) atoms. The van der Waals surface area contributed by atoms with Crippen LogP contribution in [-0.4, -0.2) is 20.2 Å². The van der Waals surface area contributed by atoms with Gasteiger partial charge in [0, 0.05) is 16.8 Å². The van der Waals surface area contributed by atoms with Crippen molar-refractivity contribution in [1.82, 2.24) is 20.2 Å². The third-order valence-electron chi connectivity index (χ3n) is 4.74. The van der Waals surface area contributed by atoms with Gasteiger partial charge in [-0.3, -0.25) is 10.1 Å². The fourth-order valence-corrected chi connectivity index (χ4v) is 3.13. The van der Waals surface area contributed by atoms with Gasteiger partial charge in [-0.1, -0.05) is 12.5 Å². The van der Waals surface area contributed by atoms with Gasteiger partial charge in [0.05, 0.1) is 23.8 Å². The highest BCUT2D eigenvalue weighted by atomic mass is 19.1. The van der Waals surface area contributed by atoms with E-state index in [1.165, 1.54) is 12.4 Å². The van der Waals surface area contributed by atoms with Gasteiger partial charge in [-0.15, -0.1) is 0 Å². The van der Waals surface area contributed by atoms with Crippen molar-refractivity contribution in [3.63, 3.8) is 0 Å². The van der Waals surface area contributed by atoms with Gasteiger partial charge < -0.3 is 10.5 Å². The fraction of sp³-hybridized carbons (Fsp3) is 0.316. The maximum Gasteiger partial charge on any atom is 0.174 e. The number of nitrogen functional groups attached to an aromatic ring is 1. The molecule has 0 radical (unpaired) electrons. The summed E-state index contributed by atoms with van der Waals surface area (Å²) in [6.45, 7) is 2.12. The average Bonchev–Trinajstić information content (AvgIpc) is 2.99. The molecule has 0 aliphatic heterocycles. The number of hydrogen-bond acceptors (Lipinski definition) is 5. The second kappa shape index (κ2) is 6.74. The number of aryl methyl sites for hydroxylation is 1. The molecule has 4 rings (SSSR count). The highest BCUT2D eigenvalue weighted by molar-refractivity contribution is 5.64. The Hall–Kier alpha value is -2.96. The Balaban J connectivity index is 1.70. The Morgan fingerprint density at radius 3 is 2.73 bits per heavy atom. The molecule has 1 aliphatic carbocycles. The fourth-order valence-electron chi connectivity index (χ4n) is 3.13. The van der Waals surface area contributed by atoms with Crippen molar-refractivity contribution in [3.05, 3.63) is 53.4 Å². The van der Waals surface area contributed by atoms with Crippen molar-refractivity contribution in [2.75, 3.05) is 5.73 Å². The first-order valence-corrected chi connectivity index (χ1v) is 8.66. The van der Waals surface area contributed by atoms with Crippen LogP contribution in [0.3, 0.4) is 0 Å². The molecule has 0 amide bonds. The van der Waals surface area contributed by atoms with Crippen LogP contribution < -0.4 is 10.5 Å². The normalized spacial score (nSPS) is 14.2. The molecule has 1 aromatic carbocycles. The van der Waals surface area contributed by atoms with Gasteiger partial charge in [0.1, 0.15) is 12.4 Å². The summed E-state index contributed by atoms with van der Waals surface area (Å²) < 4.78 is 21.2. The SMILES string of the molecule is Cc1cc(COc2c(C3CCC3)ccc(-c3cnc(N)cn3)c2F)n[nH]1. The van der Waals surface area contributed by atoms with Crippen LogP contribution in [0.1, 0.15) is 42.1 Å². The van der Waals surface area contributed by atoms with Gasteiger partial charge >= 0.3 is 0 Å². The predicted octanol–water partition coefficient (Wildman–Crippen LogP) is 3.74. The topological polar surface area (TPSA) is 89.7 Å². The molecule has 0 spiro atoms. The Morgan fingerprint density at radius 2 is 2.12 bits per heavy atom. The zero-order valence-corrected chi connectivity index (χ0v) is 14.5. The van der Waals surface area contributed by atoms with Gasteiger partial charge in [-0.25, -0.2) is 9.37 Å². The Morgan fingerprint density at radius 1 is 1.27 bits per heavy atom. The summed E-state index contributed by atoms with van der Waals surface area (Å²) in [5, 5.41) is 7.02. The van der Waals surface area contributed by atoms with Gasteiger partial charge in [0.2, 0.25) is 0 Å².